The van der Waals surface area contributed by atoms with Gasteiger partial charge in [-0.2, -0.15) is 0 Å². The molecule has 0 saturated heterocycles. The lowest BCUT2D eigenvalue weighted by Gasteiger charge is -2.15. The van der Waals surface area contributed by atoms with Gasteiger partial charge in [-0.15, -0.1) is 0 Å². The highest BCUT2D eigenvalue weighted by Gasteiger charge is 2.18. The fourth-order valence-corrected chi connectivity index (χ4v) is 1.05. The molecule has 0 saturated carbocycles. The van der Waals surface area contributed by atoms with Crippen LogP contribution in [-0.4, -0.2) is 23.6 Å². The number of nitrogens with zero attached hydrogens (tertiary/aromatic N) is 1. The van der Waals surface area contributed by atoms with Gasteiger partial charge in [-0.3, -0.25) is 5.73 Å². The lowest BCUT2D eigenvalue weighted by molar-refractivity contribution is -0.543. The Labute approximate surface area is 88.3 Å². The molecule has 1 heterocycles. The molecule has 0 radical (unpaired) electrons. The van der Waals surface area contributed by atoms with E-state index in [4.69, 9.17) is 17.3 Å². The molecule has 0 fully saturated rings. The van der Waals surface area contributed by atoms with Crippen molar-refractivity contribution >= 4 is 17.3 Å². The Morgan fingerprint density at radius 2 is 2.27 bits per heavy atom. The molecule has 0 bridgehead atoms. The van der Waals surface area contributed by atoms with Crippen molar-refractivity contribution in [2.75, 3.05) is 7.05 Å². The van der Waals surface area contributed by atoms with E-state index in [9.17, 15) is 0 Å². The molecule has 3 nitrogen and oxygen atoms in total. The van der Waals surface area contributed by atoms with Gasteiger partial charge in [-0.25, -0.2) is 4.58 Å². The van der Waals surface area contributed by atoms with E-state index in [0.717, 1.165) is 5.71 Å². The summed E-state index contributed by atoms with van der Waals surface area (Å²) in [5, 5.41) is 3.47. The number of nitrogens with one attached hydrogen (secondary N) is 1. The number of hydrogen-bond donors (Lipinski definition) is 2. The van der Waals surface area contributed by atoms with Gasteiger partial charge in [-0.05, 0) is 0 Å². The number of allylic oxidation sites excluding steroid dienone is 1. The number of rotatable bonds is 0. The van der Waals surface area contributed by atoms with E-state index in [0.29, 0.717) is 5.16 Å². The Morgan fingerprint density at radius 1 is 1.73 bits per heavy atom. The Hall–Kier alpha value is 0.190. The summed E-state index contributed by atoms with van der Waals surface area (Å²) in [7, 11) is 1.91. The first-order chi connectivity index (χ1) is 4.61. The molecular weight excluding hydrogens is 276 g/mol. The molecule has 0 aromatic carbocycles. The first-order valence-corrected chi connectivity index (χ1v) is 3.45. The predicted octanol–water partition coefficient (Wildman–Crippen LogP) is -2.98. The summed E-state index contributed by atoms with van der Waals surface area (Å²) in [6, 6.07) is 0. The molecule has 0 aromatic heterocycles. The Bertz CT molecular complexity index is 212. The zero-order valence-electron chi connectivity index (χ0n) is 6.44. The van der Waals surface area contributed by atoms with Gasteiger partial charge in [0.15, 0.2) is 5.71 Å². The molecule has 11 heavy (non-hydrogen) atoms. The normalized spacial score (nSPS) is 23.6. The van der Waals surface area contributed by atoms with E-state index in [1.165, 1.54) is 0 Å². The minimum absolute atomic E-state index is 0. The molecular formula is C6H11ClIN3. The molecule has 0 amide bonds. The van der Waals surface area contributed by atoms with E-state index in [-0.39, 0.29) is 30.3 Å². The average molecular weight is 288 g/mol. The van der Waals surface area contributed by atoms with Crippen molar-refractivity contribution in [3.63, 3.8) is 0 Å². The lowest BCUT2D eigenvalue weighted by atomic mass is 10.3. The van der Waals surface area contributed by atoms with Crippen LogP contribution in [-0.2, 0) is 0 Å². The van der Waals surface area contributed by atoms with Crippen molar-refractivity contribution in [2.24, 2.45) is 5.73 Å². The third kappa shape index (κ3) is 2.61. The molecule has 1 aliphatic heterocycles. The van der Waals surface area contributed by atoms with Crippen LogP contribution in [0.5, 0.6) is 0 Å². The molecule has 1 unspecified atom stereocenters. The molecule has 3 N–H and O–H groups in total. The second-order valence-corrected chi connectivity index (χ2v) is 2.74. The minimum Gasteiger partial charge on any atom is -1.00 e. The van der Waals surface area contributed by atoms with E-state index >= 15 is 0 Å². The molecule has 0 aliphatic carbocycles. The summed E-state index contributed by atoms with van der Waals surface area (Å²) < 4.78 is 1.91. The zero-order chi connectivity index (χ0) is 7.72. The Morgan fingerprint density at radius 3 is 2.73 bits per heavy atom. The van der Waals surface area contributed by atoms with E-state index in [2.05, 4.69) is 5.32 Å². The Balaban J connectivity index is 0.000001000. The van der Waals surface area contributed by atoms with Gasteiger partial charge < -0.3 is 29.3 Å². The van der Waals surface area contributed by atoms with Crippen LogP contribution >= 0.6 is 11.6 Å². The maximum atomic E-state index is 5.69. The van der Waals surface area contributed by atoms with Gasteiger partial charge in [-0.1, -0.05) is 11.6 Å². The van der Waals surface area contributed by atoms with Crippen molar-refractivity contribution in [1.82, 2.24) is 5.32 Å². The van der Waals surface area contributed by atoms with Crippen LogP contribution in [0.2, 0.25) is 0 Å². The summed E-state index contributed by atoms with van der Waals surface area (Å²) in [5.74, 6) is 0. The third-order valence-corrected chi connectivity index (χ3v) is 1.81. The highest BCUT2D eigenvalue weighted by Crippen LogP contribution is 2.02. The lowest BCUT2D eigenvalue weighted by Crippen LogP contribution is -3.00. The highest BCUT2D eigenvalue weighted by molar-refractivity contribution is 6.30. The summed E-state index contributed by atoms with van der Waals surface area (Å²) in [4.78, 5) is 0. The van der Waals surface area contributed by atoms with Crippen LogP contribution in [0.15, 0.2) is 11.2 Å². The van der Waals surface area contributed by atoms with Crippen molar-refractivity contribution < 1.29 is 28.6 Å². The fraction of sp³-hybridized carbons (Fsp3) is 0.500. The van der Waals surface area contributed by atoms with Crippen molar-refractivity contribution in [1.29, 1.82) is 0 Å². The maximum absolute atomic E-state index is 5.69. The monoisotopic (exact) mass is 287 g/mol. The zero-order valence-corrected chi connectivity index (χ0v) is 9.35. The van der Waals surface area contributed by atoms with Crippen LogP contribution < -0.4 is 35.0 Å². The SMILES string of the molecule is CC1=[N+](C)C(N)NC(Cl)=C1.[I-]. The quantitative estimate of drug-likeness (QED) is 0.284. The maximum Gasteiger partial charge on any atom is 0.283 e. The van der Waals surface area contributed by atoms with E-state index < -0.39 is 0 Å². The first kappa shape index (κ1) is 11.2. The fourth-order valence-electron chi connectivity index (χ4n) is 0.784. The van der Waals surface area contributed by atoms with Gasteiger partial charge in [0.05, 0.1) is 0 Å². The number of halogens is 2. The molecule has 5 heteroatoms. The largest absolute Gasteiger partial charge is 1.00 e. The first-order valence-electron chi connectivity index (χ1n) is 3.07. The molecule has 0 spiro atoms. The summed E-state index contributed by atoms with van der Waals surface area (Å²) in [6.07, 6.45) is 1.64. The second-order valence-electron chi connectivity index (χ2n) is 2.33. The molecule has 1 atom stereocenters. The second kappa shape index (κ2) is 4.27. The minimum atomic E-state index is -0.197. The summed E-state index contributed by atoms with van der Waals surface area (Å²) in [6.45, 7) is 1.96. The average Bonchev–Trinajstić information content (AvgIpc) is 1.82. The van der Waals surface area contributed by atoms with Gasteiger partial charge in [0.1, 0.15) is 12.2 Å². The van der Waals surface area contributed by atoms with Crippen LogP contribution in [0, 0.1) is 0 Å². The molecule has 1 rings (SSSR count). The standard InChI is InChI=1S/C6H10ClN3.HI/c1-4-3-5(7)9-6(8)10(4)2;/h3,6H,8H2,1-2H3;1H. The molecule has 1 aliphatic rings. The van der Waals surface area contributed by atoms with E-state index in [1.807, 2.05) is 24.6 Å². The topological polar surface area (TPSA) is 41.1 Å². The number of nitrogens with two attached hydrogens (primary N) is 1. The van der Waals surface area contributed by atoms with Crippen molar-refractivity contribution in [3.8, 4) is 0 Å². The summed E-state index contributed by atoms with van der Waals surface area (Å²) in [5.41, 5.74) is 6.69. The van der Waals surface area contributed by atoms with E-state index in [1.54, 1.807) is 0 Å². The Kier molecular flexibility index (Phi) is 4.35. The van der Waals surface area contributed by atoms with Crippen molar-refractivity contribution in [2.45, 2.75) is 13.2 Å². The van der Waals surface area contributed by atoms with Crippen LogP contribution in [0.25, 0.3) is 0 Å². The number of hydrogen-bond acceptors (Lipinski definition) is 2. The van der Waals surface area contributed by atoms with Crippen LogP contribution in [0.1, 0.15) is 6.92 Å². The van der Waals surface area contributed by atoms with Crippen LogP contribution in [0.3, 0.4) is 0 Å². The van der Waals surface area contributed by atoms with Gasteiger partial charge >= 0.3 is 0 Å². The van der Waals surface area contributed by atoms with Gasteiger partial charge in [0.2, 0.25) is 0 Å². The third-order valence-electron chi connectivity index (χ3n) is 1.59. The molecule has 64 valence electrons. The van der Waals surface area contributed by atoms with Crippen molar-refractivity contribution in [3.05, 3.63) is 11.2 Å². The highest BCUT2D eigenvalue weighted by atomic mass is 127. The predicted molar refractivity (Wildman–Crippen MR) is 41.9 cm³/mol. The van der Waals surface area contributed by atoms with Gasteiger partial charge in [0, 0.05) is 13.0 Å². The molecule has 0 aromatic rings. The van der Waals surface area contributed by atoms with Crippen LogP contribution in [0.4, 0.5) is 0 Å². The summed E-state index contributed by atoms with van der Waals surface area (Å²) >= 11 is 5.69. The smallest absolute Gasteiger partial charge is 0.283 e. The van der Waals surface area contributed by atoms with Gasteiger partial charge in [0.25, 0.3) is 6.29 Å².